The second kappa shape index (κ2) is 8.77. The Hall–Kier alpha value is -1.23. The molecule has 0 aliphatic heterocycles. The zero-order valence-electron chi connectivity index (χ0n) is 20.0. The molecule has 0 spiro atoms. The molecule has 33 heavy (non-hydrogen) atoms. The highest BCUT2D eigenvalue weighted by molar-refractivity contribution is 9.10. The number of hydrogen-bond donors (Lipinski definition) is 1. The fraction of sp³-hybridized carbons (Fsp3) is 0.571. The largest absolute Gasteiger partial charge is 0.490 e. The third kappa shape index (κ3) is 4.94. The van der Waals surface area contributed by atoms with E-state index < -0.39 is 0 Å². The highest BCUT2D eigenvalue weighted by Crippen LogP contribution is 2.66. The van der Waals surface area contributed by atoms with Crippen molar-refractivity contribution in [1.29, 1.82) is 0 Å². The maximum Gasteiger partial charge on any atom is 0.175 e. The van der Waals surface area contributed by atoms with Crippen molar-refractivity contribution < 1.29 is 9.47 Å². The van der Waals surface area contributed by atoms with Gasteiger partial charge in [0.15, 0.2) is 11.5 Å². The van der Waals surface area contributed by atoms with Gasteiger partial charge in [-0.1, -0.05) is 37.6 Å². The van der Waals surface area contributed by atoms with E-state index in [-0.39, 0.29) is 5.54 Å². The number of halogens is 2. The molecule has 1 N–H and O–H groups in total. The first-order valence-electron chi connectivity index (χ1n) is 12.3. The molecule has 4 saturated carbocycles. The summed E-state index contributed by atoms with van der Waals surface area (Å²) in [6, 6.07) is 12.1. The Morgan fingerprint density at radius 3 is 2.42 bits per heavy atom. The van der Waals surface area contributed by atoms with Crippen molar-refractivity contribution in [2.45, 2.75) is 78.0 Å². The predicted molar refractivity (Wildman–Crippen MR) is 138 cm³/mol. The van der Waals surface area contributed by atoms with E-state index >= 15 is 0 Å². The highest BCUT2D eigenvalue weighted by Gasteiger charge is 2.59. The number of rotatable bonds is 8. The van der Waals surface area contributed by atoms with Crippen LogP contribution in [0.2, 0.25) is 5.02 Å². The summed E-state index contributed by atoms with van der Waals surface area (Å²) in [7, 11) is 0. The van der Waals surface area contributed by atoms with Crippen molar-refractivity contribution in [1.82, 2.24) is 5.32 Å². The number of benzene rings is 2. The first-order chi connectivity index (χ1) is 15.7. The van der Waals surface area contributed by atoms with Crippen LogP contribution in [0.3, 0.4) is 0 Å². The summed E-state index contributed by atoms with van der Waals surface area (Å²) in [6.45, 7) is 8.96. The summed E-state index contributed by atoms with van der Waals surface area (Å²) < 4.78 is 13.1. The minimum absolute atomic E-state index is 0.281. The van der Waals surface area contributed by atoms with E-state index in [2.05, 4.69) is 47.2 Å². The third-order valence-electron chi connectivity index (χ3n) is 7.94. The molecule has 0 saturated heterocycles. The van der Waals surface area contributed by atoms with Gasteiger partial charge in [-0.25, -0.2) is 0 Å². The van der Waals surface area contributed by atoms with Gasteiger partial charge in [0.1, 0.15) is 6.61 Å². The van der Waals surface area contributed by atoms with Gasteiger partial charge in [-0.3, -0.25) is 0 Å². The lowest BCUT2D eigenvalue weighted by atomic mass is 9.43. The minimum Gasteiger partial charge on any atom is -0.490 e. The normalized spacial score (nSPS) is 32.2. The fourth-order valence-electron chi connectivity index (χ4n) is 7.84. The minimum atomic E-state index is 0.281. The third-order valence-corrected chi connectivity index (χ3v) is 8.76. The van der Waals surface area contributed by atoms with Gasteiger partial charge >= 0.3 is 0 Å². The smallest absolute Gasteiger partial charge is 0.175 e. The lowest BCUT2D eigenvalue weighted by molar-refractivity contribution is -0.118. The van der Waals surface area contributed by atoms with Crippen LogP contribution in [-0.2, 0) is 13.2 Å². The number of ether oxygens (including phenoxy) is 2. The molecule has 0 heterocycles. The topological polar surface area (TPSA) is 30.5 Å². The molecule has 2 unspecified atom stereocenters. The fourth-order valence-corrected chi connectivity index (χ4v) is 8.66. The Labute approximate surface area is 211 Å². The molecule has 4 bridgehead atoms. The van der Waals surface area contributed by atoms with E-state index in [1.54, 1.807) is 0 Å². The van der Waals surface area contributed by atoms with Crippen molar-refractivity contribution in [3.05, 3.63) is 57.0 Å². The SMILES string of the molecule is CCOc1cc(CNC23CC4CC(C)(CC(C)(C4)C2)C3)cc(Br)c1OCc1cccc(Cl)c1. The predicted octanol–water partition coefficient (Wildman–Crippen LogP) is 7.92. The molecule has 2 aromatic carbocycles. The van der Waals surface area contributed by atoms with E-state index in [1.807, 2.05) is 31.2 Å². The van der Waals surface area contributed by atoms with Crippen LogP contribution in [0.15, 0.2) is 40.9 Å². The Balaban J connectivity index is 1.32. The summed E-state index contributed by atoms with van der Waals surface area (Å²) in [5.41, 5.74) is 3.56. The van der Waals surface area contributed by atoms with Crippen LogP contribution in [-0.4, -0.2) is 12.1 Å². The van der Waals surface area contributed by atoms with E-state index in [9.17, 15) is 0 Å². The molecule has 5 heteroatoms. The zero-order chi connectivity index (χ0) is 23.3. The molecule has 2 atom stereocenters. The molecule has 4 fully saturated rings. The average Bonchev–Trinajstić information content (AvgIpc) is 2.69. The summed E-state index contributed by atoms with van der Waals surface area (Å²) >= 11 is 9.88. The quantitative estimate of drug-likeness (QED) is 0.374. The maximum absolute atomic E-state index is 6.17. The van der Waals surface area contributed by atoms with Gasteiger partial charge < -0.3 is 14.8 Å². The lowest BCUT2D eigenvalue weighted by Gasteiger charge is -2.65. The second-order valence-corrected chi connectivity index (χ2v) is 12.8. The first-order valence-corrected chi connectivity index (χ1v) is 13.4. The Morgan fingerprint density at radius 2 is 1.76 bits per heavy atom. The summed E-state index contributed by atoms with van der Waals surface area (Å²) in [5, 5.41) is 4.76. The second-order valence-electron chi connectivity index (χ2n) is 11.5. The summed E-state index contributed by atoms with van der Waals surface area (Å²) in [6.07, 6.45) is 8.20. The molecule has 0 radical (unpaired) electrons. The van der Waals surface area contributed by atoms with Crippen LogP contribution in [0.1, 0.15) is 70.4 Å². The molecule has 4 aliphatic rings. The standard InChI is InChI=1S/C28H35BrClNO2/c1-4-32-24-10-20(9-23(29)25(24)33-15-19-6-5-7-22(30)8-19)14-31-28-13-21-11-26(2,17-28)16-27(3,12-21)18-28/h5-10,21,31H,4,11-18H2,1-3H3. The molecule has 4 aliphatic carbocycles. The monoisotopic (exact) mass is 531 g/mol. The van der Waals surface area contributed by atoms with Gasteiger partial charge in [0, 0.05) is 17.1 Å². The molecular weight excluding hydrogens is 498 g/mol. The van der Waals surface area contributed by atoms with E-state index in [4.69, 9.17) is 21.1 Å². The molecule has 0 amide bonds. The van der Waals surface area contributed by atoms with Gasteiger partial charge in [0.25, 0.3) is 0 Å². The van der Waals surface area contributed by atoms with Gasteiger partial charge in [0.2, 0.25) is 0 Å². The molecule has 0 aromatic heterocycles. The van der Waals surface area contributed by atoms with Gasteiger partial charge in [0.05, 0.1) is 11.1 Å². The Bertz CT molecular complexity index is 1020. The van der Waals surface area contributed by atoms with Crippen LogP contribution in [0.5, 0.6) is 11.5 Å². The number of hydrogen-bond acceptors (Lipinski definition) is 3. The van der Waals surface area contributed by atoms with Crippen molar-refractivity contribution >= 4 is 27.5 Å². The van der Waals surface area contributed by atoms with Crippen LogP contribution < -0.4 is 14.8 Å². The Kier molecular flexibility index (Phi) is 6.25. The van der Waals surface area contributed by atoms with Crippen molar-refractivity contribution in [2.75, 3.05) is 6.61 Å². The van der Waals surface area contributed by atoms with E-state index in [1.165, 1.54) is 44.1 Å². The lowest BCUT2D eigenvalue weighted by Crippen LogP contribution is -2.63. The van der Waals surface area contributed by atoms with Crippen molar-refractivity contribution in [3.63, 3.8) is 0 Å². The molecule has 3 nitrogen and oxygen atoms in total. The Morgan fingerprint density at radius 1 is 1.00 bits per heavy atom. The molecule has 178 valence electrons. The van der Waals surface area contributed by atoms with Crippen molar-refractivity contribution in [3.8, 4) is 11.5 Å². The van der Waals surface area contributed by atoms with Crippen LogP contribution in [0.4, 0.5) is 0 Å². The van der Waals surface area contributed by atoms with Crippen LogP contribution in [0, 0.1) is 16.7 Å². The molecule has 6 rings (SSSR count). The first kappa shape index (κ1) is 23.5. The zero-order valence-corrected chi connectivity index (χ0v) is 22.3. The maximum atomic E-state index is 6.17. The van der Waals surface area contributed by atoms with E-state index in [0.717, 1.165) is 34.0 Å². The van der Waals surface area contributed by atoms with Crippen LogP contribution >= 0.6 is 27.5 Å². The van der Waals surface area contributed by atoms with E-state index in [0.29, 0.717) is 29.1 Å². The number of nitrogens with one attached hydrogen (secondary N) is 1. The summed E-state index contributed by atoms with van der Waals surface area (Å²) in [5.74, 6) is 2.42. The van der Waals surface area contributed by atoms with Gasteiger partial charge in [-0.2, -0.15) is 0 Å². The highest BCUT2D eigenvalue weighted by atomic mass is 79.9. The average molecular weight is 533 g/mol. The van der Waals surface area contributed by atoms with Crippen LogP contribution in [0.25, 0.3) is 0 Å². The molecular formula is C28H35BrClNO2. The van der Waals surface area contributed by atoms with Crippen molar-refractivity contribution in [2.24, 2.45) is 16.7 Å². The summed E-state index contributed by atoms with van der Waals surface area (Å²) in [4.78, 5) is 0. The van der Waals surface area contributed by atoms with Gasteiger partial charge in [-0.15, -0.1) is 0 Å². The van der Waals surface area contributed by atoms with Gasteiger partial charge in [-0.05, 0) is 114 Å². The molecule has 2 aromatic rings.